The summed E-state index contributed by atoms with van der Waals surface area (Å²) in [6, 6.07) is 22.2. The molecule has 0 amide bonds. The van der Waals surface area contributed by atoms with E-state index in [9.17, 15) is 4.79 Å². The minimum Gasteiger partial charge on any atom is -0.488 e. The highest BCUT2D eigenvalue weighted by Crippen LogP contribution is 2.43. The molecule has 0 saturated heterocycles. The lowest BCUT2D eigenvalue weighted by Crippen LogP contribution is -2.08. The topological polar surface area (TPSA) is 61.5 Å². The number of esters is 1. The van der Waals surface area contributed by atoms with Crippen molar-refractivity contribution in [2.75, 3.05) is 12.3 Å². The monoisotopic (exact) mass is 427 g/mol. The molecule has 4 heteroatoms. The molecule has 0 unspecified atom stereocenters. The quantitative estimate of drug-likeness (QED) is 0.349. The minimum atomic E-state index is -0.380. The largest absolute Gasteiger partial charge is 0.488 e. The van der Waals surface area contributed by atoms with Crippen LogP contribution in [0.4, 0.5) is 5.69 Å². The van der Waals surface area contributed by atoms with E-state index in [2.05, 4.69) is 37.3 Å². The Morgan fingerprint density at radius 1 is 0.969 bits per heavy atom. The number of allylic oxidation sites excluding steroid dienone is 2. The van der Waals surface area contributed by atoms with Gasteiger partial charge in [0.15, 0.2) is 0 Å². The first kappa shape index (κ1) is 21.7. The maximum absolute atomic E-state index is 12.4. The van der Waals surface area contributed by atoms with Gasteiger partial charge in [0.05, 0.1) is 12.2 Å². The highest BCUT2D eigenvalue weighted by Gasteiger charge is 2.22. The number of nitrogens with two attached hydrogens (primary N) is 1. The predicted molar refractivity (Wildman–Crippen MR) is 129 cm³/mol. The molecule has 3 aromatic rings. The summed E-state index contributed by atoms with van der Waals surface area (Å²) in [5.74, 6) is 0.504. The first-order valence-corrected chi connectivity index (χ1v) is 11.1. The lowest BCUT2D eigenvalue weighted by atomic mass is 9.94. The van der Waals surface area contributed by atoms with Crippen LogP contribution in [-0.2, 0) is 11.3 Å². The normalized spacial score (nSPS) is 13.3. The van der Waals surface area contributed by atoms with Gasteiger partial charge in [-0.05, 0) is 79.6 Å². The number of rotatable bonds is 7. The van der Waals surface area contributed by atoms with Gasteiger partial charge in [-0.1, -0.05) is 48.0 Å². The van der Waals surface area contributed by atoms with E-state index in [1.165, 1.54) is 16.7 Å². The molecule has 0 saturated carbocycles. The maximum Gasteiger partial charge on any atom is 0.340 e. The Labute approximate surface area is 189 Å². The third kappa shape index (κ3) is 4.70. The molecule has 0 aromatic heterocycles. The zero-order chi connectivity index (χ0) is 22.5. The van der Waals surface area contributed by atoms with Crippen molar-refractivity contribution in [3.05, 3.63) is 94.5 Å². The molecule has 0 radical (unpaired) electrons. The summed E-state index contributed by atoms with van der Waals surface area (Å²) in [7, 11) is 0. The highest BCUT2D eigenvalue weighted by atomic mass is 16.5. The third-order valence-electron chi connectivity index (χ3n) is 5.81. The number of hydrogen-bond acceptors (Lipinski definition) is 4. The second kappa shape index (κ2) is 9.73. The molecule has 0 fully saturated rings. The van der Waals surface area contributed by atoms with E-state index in [0.717, 1.165) is 41.7 Å². The van der Waals surface area contributed by atoms with Gasteiger partial charge in [-0.2, -0.15) is 0 Å². The average Bonchev–Trinajstić information content (AvgIpc) is 3.29. The Bertz CT molecular complexity index is 1150. The fourth-order valence-corrected chi connectivity index (χ4v) is 4.23. The number of anilines is 1. The van der Waals surface area contributed by atoms with Crippen molar-refractivity contribution in [2.24, 2.45) is 0 Å². The van der Waals surface area contributed by atoms with E-state index in [4.69, 9.17) is 15.2 Å². The van der Waals surface area contributed by atoms with Crippen molar-refractivity contribution in [3.8, 4) is 5.75 Å². The number of carbonyl (C=O) groups excluding carboxylic acids is 1. The van der Waals surface area contributed by atoms with E-state index in [-0.39, 0.29) is 5.97 Å². The Balaban J connectivity index is 1.72. The van der Waals surface area contributed by atoms with Gasteiger partial charge in [0.25, 0.3) is 0 Å². The summed E-state index contributed by atoms with van der Waals surface area (Å²) < 4.78 is 11.5. The SMILES string of the molecule is CCOC(=O)c1cc(C2=C(c3cc(C)ccc3OCc3ccccc3)CCC2)ccc1N. The summed E-state index contributed by atoms with van der Waals surface area (Å²) in [5.41, 5.74) is 13.9. The smallest absolute Gasteiger partial charge is 0.340 e. The number of nitrogen functional groups attached to an aromatic ring is 1. The molecule has 0 spiro atoms. The molecule has 4 nitrogen and oxygen atoms in total. The summed E-state index contributed by atoms with van der Waals surface area (Å²) in [6.45, 7) is 4.74. The first-order chi connectivity index (χ1) is 15.6. The molecule has 0 atom stereocenters. The average molecular weight is 428 g/mol. The van der Waals surface area contributed by atoms with Crippen molar-refractivity contribution >= 4 is 22.8 Å². The van der Waals surface area contributed by atoms with Crippen LogP contribution in [0, 0.1) is 6.92 Å². The van der Waals surface area contributed by atoms with E-state index in [0.29, 0.717) is 24.5 Å². The fourth-order valence-electron chi connectivity index (χ4n) is 4.23. The Hall–Kier alpha value is -3.53. The Kier molecular flexibility index (Phi) is 6.60. The second-order valence-corrected chi connectivity index (χ2v) is 8.11. The summed E-state index contributed by atoms with van der Waals surface area (Å²) in [4.78, 5) is 12.4. The lowest BCUT2D eigenvalue weighted by molar-refractivity contribution is 0.0527. The van der Waals surface area contributed by atoms with Gasteiger partial charge < -0.3 is 15.2 Å². The van der Waals surface area contributed by atoms with Crippen molar-refractivity contribution in [2.45, 2.75) is 39.7 Å². The van der Waals surface area contributed by atoms with Gasteiger partial charge in [0.2, 0.25) is 0 Å². The van der Waals surface area contributed by atoms with Crippen molar-refractivity contribution < 1.29 is 14.3 Å². The number of hydrogen-bond donors (Lipinski definition) is 1. The van der Waals surface area contributed by atoms with Crippen molar-refractivity contribution in [1.29, 1.82) is 0 Å². The van der Waals surface area contributed by atoms with Crippen LogP contribution in [0.1, 0.15) is 58.8 Å². The fraction of sp³-hybridized carbons (Fsp3) is 0.250. The van der Waals surface area contributed by atoms with Crippen LogP contribution < -0.4 is 10.5 Å². The van der Waals surface area contributed by atoms with Crippen molar-refractivity contribution in [3.63, 3.8) is 0 Å². The van der Waals surface area contributed by atoms with Crippen LogP contribution in [0.3, 0.4) is 0 Å². The molecule has 0 bridgehead atoms. The lowest BCUT2D eigenvalue weighted by Gasteiger charge is -2.16. The van der Waals surface area contributed by atoms with Gasteiger partial charge in [0, 0.05) is 11.3 Å². The summed E-state index contributed by atoms with van der Waals surface area (Å²) in [5, 5.41) is 0. The Morgan fingerprint density at radius 3 is 2.53 bits per heavy atom. The third-order valence-corrected chi connectivity index (χ3v) is 5.81. The van der Waals surface area contributed by atoms with E-state index in [1.807, 2.05) is 30.3 Å². The highest BCUT2D eigenvalue weighted by molar-refractivity contribution is 5.99. The summed E-state index contributed by atoms with van der Waals surface area (Å²) in [6.07, 6.45) is 2.99. The number of benzene rings is 3. The molecule has 164 valence electrons. The van der Waals surface area contributed by atoms with Crippen LogP contribution in [-0.4, -0.2) is 12.6 Å². The zero-order valence-corrected chi connectivity index (χ0v) is 18.7. The second-order valence-electron chi connectivity index (χ2n) is 8.11. The molecule has 3 aromatic carbocycles. The van der Waals surface area contributed by atoms with Gasteiger partial charge in [0.1, 0.15) is 12.4 Å². The maximum atomic E-state index is 12.4. The van der Waals surface area contributed by atoms with Gasteiger partial charge in [-0.15, -0.1) is 0 Å². The van der Waals surface area contributed by atoms with E-state index < -0.39 is 0 Å². The molecule has 1 aliphatic rings. The molecule has 1 aliphatic carbocycles. The van der Waals surface area contributed by atoms with Crippen LogP contribution in [0.15, 0.2) is 66.7 Å². The molecule has 32 heavy (non-hydrogen) atoms. The standard InChI is InChI=1S/C28H29NO3/c1-3-31-28(30)25-17-21(13-14-26(25)29)22-10-7-11-23(22)24-16-19(2)12-15-27(24)32-18-20-8-5-4-6-9-20/h4-6,8-9,12-17H,3,7,10-11,18,29H2,1-2H3. The number of carbonyl (C=O) groups is 1. The molecule has 4 rings (SSSR count). The van der Waals surface area contributed by atoms with Crippen LogP contribution in [0.2, 0.25) is 0 Å². The molecule has 0 heterocycles. The van der Waals surface area contributed by atoms with Crippen LogP contribution in [0.5, 0.6) is 5.75 Å². The molecule has 2 N–H and O–H groups in total. The van der Waals surface area contributed by atoms with Crippen molar-refractivity contribution in [1.82, 2.24) is 0 Å². The molecular formula is C28H29NO3. The minimum absolute atomic E-state index is 0.321. The molecular weight excluding hydrogens is 398 g/mol. The van der Waals surface area contributed by atoms with Gasteiger partial charge in [-0.3, -0.25) is 0 Å². The summed E-state index contributed by atoms with van der Waals surface area (Å²) >= 11 is 0. The Morgan fingerprint density at radius 2 is 1.75 bits per heavy atom. The van der Waals surface area contributed by atoms with Gasteiger partial charge >= 0.3 is 5.97 Å². The first-order valence-electron chi connectivity index (χ1n) is 11.1. The molecule has 0 aliphatic heterocycles. The van der Waals surface area contributed by atoms with Crippen LogP contribution in [0.25, 0.3) is 11.1 Å². The van der Waals surface area contributed by atoms with E-state index >= 15 is 0 Å². The number of ether oxygens (including phenoxy) is 2. The number of aryl methyl sites for hydroxylation is 1. The van der Waals surface area contributed by atoms with Gasteiger partial charge in [-0.25, -0.2) is 4.79 Å². The predicted octanol–water partition coefficient (Wildman–Crippen LogP) is 6.43. The van der Waals surface area contributed by atoms with E-state index in [1.54, 1.807) is 13.0 Å². The van der Waals surface area contributed by atoms with Crippen LogP contribution >= 0.6 is 0 Å². The zero-order valence-electron chi connectivity index (χ0n) is 18.7.